The van der Waals surface area contributed by atoms with Crippen molar-refractivity contribution < 1.29 is 0 Å². The van der Waals surface area contributed by atoms with Gasteiger partial charge in [0.15, 0.2) is 0 Å². The molecular weight excluding hydrogens is 615 g/mol. The summed E-state index contributed by atoms with van der Waals surface area (Å²) in [7, 11) is 0. The van der Waals surface area contributed by atoms with E-state index in [1.165, 1.54) is 76.1 Å². The number of fused-ring (bicyclic) bond motifs is 8. The van der Waals surface area contributed by atoms with Gasteiger partial charge in [-0.1, -0.05) is 164 Å². The minimum atomic E-state index is 1.11. The average molecular weight is 648 g/mol. The molecule has 0 spiro atoms. The Balaban J connectivity index is 1.15. The van der Waals surface area contributed by atoms with Crippen molar-refractivity contribution in [3.8, 4) is 22.3 Å². The molecule has 0 amide bonds. The summed E-state index contributed by atoms with van der Waals surface area (Å²) >= 11 is 0. The highest BCUT2D eigenvalue weighted by molar-refractivity contribution is 6.21. The Hall–Kier alpha value is -6.70. The number of rotatable bonds is 5. The monoisotopic (exact) mass is 647 g/mol. The maximum atomic E-state index is 2.42. The third kappa shape index (κ3) is 5.02. The van der Waals surface area contributed by atoms with Crippen LogP contribution in [0.2, 0.25) is 0 Å². The molecule has 0 radical (unpaired) electrons. The van der Waals surface area contributed by atoms with Crippen LogP contribution in [0, 0.1) is 0 Å². The summed E-state index contributed by atoms with van der Waals surface area (Å²) in [6, 6.07) is 73.1. The van der Waals surface area contributed by atoms with Crippen LogP contribution in [0.1, 0.15) is 0 Å². The van der Waals surface area contributed by atoms with E-state index in [1.807, 2.05) is 0 Å². The molecule has 10 aromatic carbocycles. The smallest absolute Gasteiger partial charge is 0.0546 e. The van der Waals surface area contributed by atoms with E-state index in [0.717, 1.165) is 17.1 Å². The zero-order valence-corrected chi connectivity index (χ0v) is 28.0. The normalized spacial score (nSPS) is 11.5. The molecule has 238 valence electrons. The second kappa shape index (κ2) is 12.0. The van der Waals surface area contributed by atoms with E-state index >= 15 is 0 Å². The van der Waals surface area contributed by atoms with Crippen molar-refractivity contribution in [1.29, 1.82) is 0 Å². The van der Waals surface area contributed by atoms with Gasteiger partial charge in [0.25, 0.3) is 0 Å². The standard InChI is InChI=1S/C50H33N/c1-2-11-34(12-3-1)39-15-10-16-43(31-39)51(49-33-41-14-5-6-17-44(41)46-19-8-9-20-47(46)49)42-29-27-35(28-30-42)40-26-23-37-22-25-38-24-21-36-13-4-7-18-45(36)50(38)48(37)32-40/h1-33H. The molecule has 0 fully saturated rings. The van der Waals surface area contributed by atoms with E-state index in [2.05, 4.69) is 205 Å². The summed E-state index contributed by atoms with van der Waals surface area (Å²) in [4.78, 5) is 2.42. The van der Waals surface area contributed by atoms with Crippen LogP contribution >= 0.6 is 0 Å². The van der Waals surface area contributed by atoms with Crippen LogP contribution in [0.3, 0.4) is 0 Å². The fourth-order valence-electron chi connectivity index (χ4n) is 7.91. The summed E-state index contributed by atoms with van der Waals surface area (Å²) in [5.74, 6) is 0. The molecule has 10 rings (SSSR count). The zero-order chi connectivity index (χ0) is 33.7. The summed E-state index contributed by atoms with van der Waals surface area (Å²) in [6.45, 7) is 0. The second-order valence-electron chi connectivity index (χ2n) is 13.3. The van der Waals surface area contributed by atoms with Gasteiger partial charge >= 0.3 is 0 Å². The van der Waals surface area contributed by atoms with Gasteiger partial charge < -0.3 is 4.90 Å². The molecule has 0 saturated heterocycles. The molecule has 0 unspecified atom stereocenters. The SMILES string of the molecule is c1ccc(-c2cccc(N(c3ccc(-c4ccc5ccc6ccc7ccccc7c6c5c4)cc3)c3cc4ccccc4c4ccccc34)c2)cc1. The van der Waals surface area contributed by atoms with Crippen LogP contribution in [0.15, 0.2) is 200 Å². The lowest BCUT2D eigenvalue weighted by Crippen LogP contribution is -2.10. The second-order valence-corrected chi connectivity index (χ2v) is 13.3. The van der Waals surface area contributed by atoms with Gasteiger partial charge in [-0.25, -0.2) is 0 Å². The minimum absolute atomic E-state index is 1.11. The highest BCUT2D eigenvalue weighted by Gasteiger charge is 2.18. The van der Waals surface area contributed by atoms with Crippen LogP contribution in [0.25, 0.3) is 76.1 Å². The predicted molar refractivity (Wildman–Crippen MR) is 220 cm³/mol. The molecule has 0 aliphatic carbocycles. The Morgan fingerprint density at radius 2 is 0.804 bits per heavy atom. The van der Waals surface area contributed by atoms with Gasteiger partial charge in [0.05, 0.1) is 5.69 Å². The van der Waals surface area contributed by atoms with Gasteiger partial charge in [0.1, 0.15) is 0 Å². The Morgan fingerprint density at radius 1 is 0.255 bits per heavy atom. The highest BCUT2D eigenvalue weighted by Crippen LogP contribution is 2.43. The predicted octanol–water partition coefficient (Wildman–Crippen LogP) is 14.3. The van der Waals surface area contributed by atoms with Crippen molar-refractivity contribution in [3.63, 3.8) is 0 Å². The molecular formula is C50H33N. The zero-order valence-electron chi connectivity index (χ0n) is 28.0. The average Bonchev–Trinajstić information content (AvgIpc) is 3.21. The summed E-state index contributed by atoms with van der Waals surface area (Å²) in [5, 5.41) is 12.7. The van der Waals surface area contributed by atoms with Crippen molar-refractivity contribution in [3.05, 3.63) is 200 Å². The first-order valence-electron chi connectivity index (χ1n) is 17.6. The van der Waals surface area contributed by atoms with Gasteiger partial charge in [0, 0.05) is 16.8 Å². The topological polar surface area (TPSA) is 3.24 Å². The van der Waals surface area contributed by atoms with E-state index in [4.69, 9.17) is 0 Å². The molecule has 1 nitrogen and oxygen atoms in total. The Labute approximate surface area is 297 Å². The fourth-order valence-corrected chi connectivity index (χ4v) is 7.91. The number of nitrogens with zero attached hydrogens (tertiary/aromatic N) is 1. The first-order valence-corrected chi connectivity index (χ1v) is 17.6. The van der Waals surface area contributed by atoms with Crippen molar-refractivity contribution >= 4 is 70.9 Å². The Morgan fingerprint density at radius 3 is 1.61 bits per heavy atom. The number of hydrogen-bond donors (Lipinski definition) is 0. The van der Waals surface area contributed by atoms with Crippen LogP contribution in [0.5, 0.6) is 0 Å². The van der Waals surface area contributed by atoms with Gasteiger partial charge in [0.2, 0.25) is 0 Å². The van der Waals surface area contributed by atoms with Gasteiger partial charge in [-0.05, 0) is 107 Å². The highest BCUT2D eigenvalue weighted by atomic mass is 15.1. The summed E-state index contributed by atoms with van der Waals surface area (Å²) < 4.78 is 0. The molecule has 0 heterocycles. The maximum absolute atomic E-state index is 2.42. The van der Waals surface area contributed by atoms with Crippen LogP contribution < -0.4 is 4.90 Å². The van der Waals surface area contributed by atoms with E-state index in [9.17, 15) is 0 Å². The first kappa shape index (κ1) is 29.2. The molecule has 0 N–H and O–H groups in total. The Bertz CT molecular complexity index is 2900. The van der Waals surface area contributed by atoms with E-state index < -0.39 is 0 Å². The largest absolute Gasteiger partial charge is 0.310 e. The van der Waals surface area contributed by atoms with E-state index in [-0.39, 0.29) is 0 Å². The van der Waals surface area contributed by atoms with E-state index in [1.54, 1.807) is 0 Å². The first-order chi connectivity index (χ1) is 25.3. The van der Waals surface area contributed by atoms with Crippen molar-refractivity contribution in [2.45, 2.75) is 0 Å². The quantitative estimate of drug-likeness (QED) is 0.168. The Kier molecular flexibility index (Phi) is 6.89. The van der Waals surface area contributed by atoms with Crippen molar-refractivity contribution in [2.75, 3.05) is 4.90 Å². The van der Waals surface area contributed by atoms with E-state index in [0.29, 0.717) is 0 Å². The van der Waals surface area contributed by atoms with Crippen molar-refractivity contribution in [1.82, 2.24) is 0 Å². The third-order valence-corrected chi connectivity index (χ3v) is 10.4. The molecule has 0 aliphatic rings. The lowest BCUT2D eigenvalue weighted by atomic mass is 9.94. The fraction of sp³-hybridized carbons (Fsp3) is 0. The molecule has 0 aromatic heterocycles. The number of benzene rings is 10. The molecule has 0 atom stereocenters. The summed E-state index contributed by atoms with van der Waals surface area (Å²) in [5.41, 5.74) is 8.19. The lowest BCUT2D eigenvalue weighted by Gasteiger charge is -2.28. The molecule has 10 aromatic rings. The third-order valence-electron chi connectivity index (χ3n) is 10.4. The summed E-state index contributed by atoms with van der Waals surface area (Å²) in [6.07, 6.45) is 0. The molecule has 51 heavy (non-hydrogen) atoms. The molecule has 0 aliphatic heterocycles. The molecule has 0 saturated carbocycles. The van der Waals surface area contributed by atoms with Crippen LogP contribution in [0.4, 0.5) is 17.1 Å². The van der Waals surface area contributed by atoms with Gasteiger partial charge in [-0.2, -0.15) is 0 Å². The van der Waals surface area contributed by atoms with Crippen LogP contribution in [-0.4, -0.2) is 0 Å². The number of anilines is 3. The van der Waals surface area contributed by atoms with Gasteiger partial charge in [-0.3, -0.25) is 0 Å². The van der Waals surface area contributed by atoms with Crippen LogP contribution in [-0.2, 0) is 0 Å². The molecule has 0 bridgehead atoms. The maximum Gasteiger partial charge on any atom is 0.0546 e. The lowest BCUT2D eigenvalue weighted by molar-refractivity contribution is 1.30. The molecule has 1 heteroatoms. The number of hydrogen-bond acceptors (Lipinski definition) is 1. The van der Waals surface area contributed by atoms with Crippen molar-refractivity contribution in [2.24, 2.45) is 0 Å². The minimum Gasteiger partial charge on any atom is -0.310 e. The van der Waals surface area contributed by atoms with Gasteiger partial charge in [-0.15, -0.1) is 0 Å².